The zero-order valence-corrected chi connectivity index (χ0v) is 17.2. The lowest BCUT2D eigenvalue weighted by Crippen LogP contribution is -2.33. The highest BCUT2D eigenvalue weighted by Crippen LogP contribution is 2.22. The predicted molar refractivity (Wildman–Crippen MR) is 115 cm³/mol. The van der Waals surface area contributed by atoms with Gasteiger partial charge in [0.25, 0.3) is 5.56 Å². The fraction of sp³-hybridized carbons (Fsp3) is 0.318. The number of rotatable bonds is 7. The van der Waals surface area contributed by atoms with Crippen LogP contribution in [0.3, 0.4) is 0 Å². The Morgan fingerprint density at radius 3 is 2.46 bits per heavy atom. The lowest BCUT2D eigenvalue weighted by molar-refractivity contribution is -0.119. The summed E-state index contributed by atoms with van der Waals surface area (Å²) in [6, 6.07) is 17.2. The van der Waals surface area contributed by atoms with Crippen LogP contribution in [0.1, 0.15) is 32.4 Å². The van der Waals surface area contributed by atoms with Crippen LogP contribution in [0.5, 0.6) is 0 Å². The molecule has 6 heteroatoms. The summed E-state index contributed by atoms with van der Waals surface area (Å²) in [5, 5.41) is 4.29. The number of hydrogen-bond donors (Lipinski definition) is 1. The zero-order chi connectivity index (χ0) is 20.1. The van der Waals surface area contributed by atoms with Gasteiger partial charge in [-0.3, -0.25) is 14.2 Å². The van der Waals surface area contributed by atoms with Crippen molar-refractivity contribution in [2.45, 2.75) is 38.5 Å². The van der Waals surface area contributed by atoms with E-state index in [9.17, 15) is 9.59 Å². The molecule has 3 rings (SSSR count). The van der Waals surface area contributed by atoms with Crippen LogP contribution in [0.4, 0.5) is 0 Å². The van der Waals surface area contributed by atoms with E-state index in [0.29, 0.717) is 22.6 Å². The maximum absolute atomic E-state index is 12.7. The minimum atomic E-state index is -0.0717. The van der Waals surface area contributed by atoms with E-state index in [1.807, 2.05) is 55.5 Å². The van der Waals surface area contributed by atoms with Gasteiger partial charge in [-0.05, 0) is 30.5 Å². The average Bonchev–Trinajstić information content (AvgIpc) is 2.71. The lowest BCUT2D eigenvalue weighted by atomic mass is 9.96. The maximum atomic E-state index is 12.7. The van der Waals surface area contributed by atoms with Crippen molar-refractivity contribution in [2.24, 2.45) is 5.92 Å². The van der Waals surface area contributed by atoms with Crippen molar-refractivity contribution >= 4 is 28.6 Å². The molecule has 1 aromatic heterocycles. The summed E-state index contributed by atoms with van der Waals surface area (Å²) < 4.78 is 1.62. The van der Waals surface area contributed by atoms with Crippen LogP contribution in [0.15, 0.2) is 64.5 Å². The standard InChI is InChI=1S/C22H25N3O2S/c1-4-25-21(27)17-12-8-9-13-18(17)23-22(25)28-14-19(26)24-20(15(2)3)16-10-6-5-7-11-16/h5-13,15,20H,4,14H2,1-3H3,(H,24,26). The van der Waals surface area contributed by atoms with Crippen LogP contribution in [0.2, 0.25) is 0 Å². The molecule has 28 heavy (non-hydrogen) atoms. The molecule has 1 amide bonds. The molecule has 0 fully saturated rings. The van der Waals surface area contributed by atoms with E-state index in [4.69, 9.17) is 0 Å². The number of hydrogen-bond acceptors (Lipinski definition) is 4. The molecule has 146 valence electrons. The predicted octanol–water partition coefficient (Wildman–Crippen LogP) is 4.02. The summed E-state index contributed by atoms with van der Waals surface area (Å²) >= 11 is 1.30. The highest BCUT2D eigenvalue weighted by atomic mass is 32.2. The Bertz CT molecular complexity index is 1020. The maximum Gasteiger partial charge on any atom is 0.262 e. The molecule has 5 nitrogen and oxygen atoms in total. The number of nitrogens with zero attached hydrogens (tertiary/aromatic N) is 2. The first-order valence-electron chi connectivity index (χ1n) is 9.48. The molecule has 1 N–H and O–H groups in total. The first-order chi connectivity index (χ1) is 13.5. The van der Waals surface area contributed by atoms with E-state index in [-0.39, 0.29) is 29.2 Å². The molecule has 0 aliphatic rings. The normalized spacial score (nSPS) is 12.3. The first-order valence-corrected chi connectivity index (χ1v) is 10.5. The van der Waals surface area contributed by atoms with Crippen molar-refractivity contribution in [3.05, 3.63) is 70.5 Å². The Morgan fingerprint density at radius 1 is 1.11 bits per heavy atom. The molecule has 1 heterocycles. The Morgan fingerprint density at radius 2 is 1.79 bits per heavy atom. The highest BCUT2D eigenvalue weighted by Gasteiger charge is 2.19. The molecule has 1 unspecified atom stereocenters. The van der Waals surface area contributed by atoms with Gasteiger partial charge in [0.2, 0.25) is 5.91 Å². The van der Waals surface area contributed by atoms with Gasteiger partial charge in [0, 0.05) is 6.54 Å². The molecule has 0 spiro atoms. The number of benzene rings is 2. The number of amides is 1. The molecule has 0 bridgehead atoms. The smallest absolute Gasteiger partial charge is 0.262 e. The summed E-state index contributed by atoms with van der Waals surface area (Å²) in [6.07, 6.45) is 0. The van der Waals surface area contributed by atoms with Crippen molar-refractivity contribution < 1.29 is 4.79 Å². The fourth-order valence-electron chi connectivity index (χ4n) is 3.18. The molecule has 0 saturated carbocycles. The summed E-state index contributed by atoms with van der Waals surface area (Å²) in [5.74, 6) is 0.405. The second kappa shape index (κ2) is 9.06. The molecule has 0 aliphatic heterocycles. The van der Waals surface area contributed by atoms with Crippen LogP contribution < -0.4 is 10.9 Å². The van der Waals surface area contributed by atoms with Gasteiger partial charge in [0.1, 0.15) is 0 Å². The number of para-hydroxylation sites is 1. The van der Waals surface area contributed by atoms with Gasteiger partial charge in [-0.1, -0.05) is 68.1 Å². The SMILES string of the molecule is CCn1c(SCC(=O)NC(c2ccccc2)C(C)C)nc2ccccc2c1=O. The van der Waals surface area contributed by atoms with Gasteiger partial charge in [-0.15, -0.1) is 0 Å². The van der Waals surface area contributed by atoms with Gasteiger partial charge < -0.3 is 5.32 Å². The number of carbonyl (C=O) groups excluding carboxylic acids is 1. The molecule has 1 atom stereocenters. The minimum Gasteiger partial charge on any atom is -0.348 e. The van der Waals surface area contributed by atoms with E-state index in [1.165, 1.54) is 11.8 Å². The Hall–Kier alpha value is -2.60. The van der Waals surface area contributed by atoms with Gasteiger partial charge in [-0.2, -0.15) is 0 Å². The number of fused-ring (bicyclic) bond motifs is 1. The van der Waals surface area contributed by atoms with Gasteiger partial charge >= 0.3 is 0 Å². The van der Waals surface area contributed by atoms with Crippen molar-refractivity contribution in [2.75, 3.05) is 5.75 Å². The van der Waals surface area contributed by atoms with Crippen molar-refractivity contribution in [1.29, 1.82) is 0 Å². The second-order valence-electron chi connectivity index (χ2n) is 6.95. The molecule has 0 aliphatic carbocycles. The Balaban J connectivity index is 1.76. The van der Waals surface area contributed by atoms with E-state index >= 15 is 0 Å². The summed E-state index contributed by atoms with van der Waals surface area (Å²) in [5.41, 5.74) is 1.68. The number of aromatic nitrogens is 2. The van der Waals surface area contributed by atoms with Gasteiger partial charge in [-0.25, -0.2) is 4.98 Å². The highest BCUT2D eigenvalue weighted by molar-refractivity contribution is 7.99. The summed E-state index contributed by atoms with van der Waals surface area (Å²) in [6.45, 7) is 6.60. The van der Waals surface area contributed by atoms with Crippen LogP contribution in [-0.4, -0.2) is 21.2 Å². The third-order valence-electron chi connectivity index (χ3n) is 4.62. The van der Waals surface area contributed by atoms with Crippen molar-refractivity contribution in [3.63, 3.8) is 0 Å². The summed E-state index contributed by atoms with van der Waals surface area (Å²) in [4.78, 5) is 29.9. The first kappa shape index (κ1) is 20.1. The van der Waals surface area contributed by atoms with Gasteiger partial charge in [0.05, 0.1) is 22.7 Å². The lowest BCUT2D eigenvalue weighted by Gasteiger charge is -2.23. The quantitative estimate of drug-likeness (QED) is 0.485. The molecule has 0 saturated heterocycles. The topological polar surface area (TPSA) is 64.0 Å². The minimum absolute atomic E-state index is 0.0489. The number of carbonyl (C=O) groups is 1. The van der Waals surface area contributed by atoms with Crippen molar-refractivity contribution in [3.8, 4) is 0 Å². The van der Waals surface area contributed by atoms with Crippen LogP contribution in [0.25, 0.3) is 10.9 Å². The van der Waals surface area contributed by atoms with Crippen LogP contribution in [-0.2, 0) is 11.3 Å². The largest absolute Gasteiger partial charge is 0.348 e. The Kier molecular flexibility index (Phi) is 6.52. The van der Waals surface area contributed by atoms with E-state index < -0.39 is 0 Å². The van der Waals surface area contributed by atoms with Gasteiger partial charge in [0.15, 0.2) is 5.16 Å². The molecular formula is C22H25N3O2S. The fourth-order valence-corrected chi connectivity index (χ4v) is 4.05. The van der Waals surface area contributed by atoms with Crippen molar-refractivity contribution in [1.82, 2.24) is 14.9 Å². The molecule has 0 radical (unpaired) electrons. The van der Waals surface area contributed by atoms with Crippen LogP contribution in [0, 0.1) is 5.92 Å². The third kappa shape index (κ3) is 4.44. The molecule has 2 aromatic carbocycles. The number of nitrogens with one attached hydrogen (secondary N) is 1. The monoisotopic (exact) mass is 395 g/mol. The molecule has 3 aromatic rings. The summed E-state index contributed by atoms with van der Waals surface area (Å²) in [7, 11) is 0. The van der Waals surface area contributed by atoms with Crippen LogP contribution >= 0.6 is 11.8 Å². The Labute approximate surface area is 169 Å². The van der Waals surface area contributed by atoms with E-state index in [1.54, 1.807) is 10.6 Å². The average molecular weight is 396 g/mol. The number of thioether (sulfide) groups is 1. The zero-order valence-electron chi connectivity index (χ0n) is 16.4. The molecular weight excluding hydrogens is 370 g/mol. The second-order valence-corrected chi connectivity index (χ2v) is 7.89. The van der Waals surface area contributed by atoms with E-state index in [2.05, 4.69) is 24.1 Å². The van der Waals surface area contributed by atoms with E-state index in [0.717, 1.165) is 5.56 Å². The third-order valence-corrected chi connectivity index (χ3v) is 5.59.